The van der Waals surface area contributed by atoms with E-state index in [1.165, 1.54) is 19.2 Å². The third-order valence-corrected chi connectivity index (χ3v) is 3.56. The SMILES string of the molecule is COc1cc2c(c3oc(C)cc(=O)c13)C(=O)C=C(Cl)C2=O. The predicted molar refractivity (Wildman–Crippen MR) is 76.4 cm³/mol. The van der Waals surface area contributed by atoms with E-state index in [0.29, 0.717) is 5.76 Å². The fourth-order valence-electron chi connectivity index (χ4n) is 2.38. The predicted octanol–water partition coefficient (Wildman–Crippen LogP) is 2.61. The van der Waals surface area contributed by atoms with E-state index < -0.39 is 11.6 Å². The highest BCUT2D eigenvalue weighted by Crippen LogP contribution is 2.34. The van der Waals surface area contributed by atoms with Crippen LogP contribution in [-0.4, -0.2) is 18.7 Å². The highest BCUT2D eigenvalue weighted by Gasteiger charge is 2.30. The summed E-state index contributed by atoms with van der Waals surface area (Å²) >= 11 is 5.76. The summed E-state index contributed by atoms with van der Waals surface area (Å²) in [5, 5.41) is -0.0432. The van der Waals surface area contributed by atoms with E-state index in [2.05, 4.69) is 0 Å². The lowest BCUT2D eigenvalue weighted by molar-refractivity contribution is 0.0990. The Kier molecular flexibility index (Phi) is 2.95. The third-order valence-electron chi connectivity index (χ3n) is 3.27. The Morgan fingerprint density at radius 3 is 2.57 bits per heavy atom. The molecule has 21 heavy (non-hydrogen) atoms. The number of hydrogen-bond acceptors (Lipinski definition) is 5. The van der Waals surface area contributed by atoms with Gasteiger partial charge in [-0.1, -0.05) is 11.6 Å². The van der Waals surface area contributed by atoms with Crippen molar-refractivity contribution in [2.45, 2.75) is 6.92 Å². The number of hydrogen-bond donors (Lipinski definition) is 0. The molecule has 0 amide bonds. The minimum Gasteiger partial charge on any atom is -0.496 e. The number of benzene rings is 1. The van der Waals surface area contributed by atoms with Gasteiger partial charge in [0.05, 0.1) is 17.7 Å². The van der Waals surface area contributed by atoms with Gasteiger partial charge < -0.3 is 9.15 Å². The lowest BCUT2D eigenvalue weighted by Gasteiger charge is -2.15. The number of rotatable bonds is 1. The molecule has 5 nitrogen and oxygen atoms in total. The van der Waals surface area contributed by atoms with Crippen molar-refractivity contribution in [3.05, 3.63) is 50.4 Å². The maximum absolute atomic E-state index is 12.2. The maximum Gasteiger partial charge on any atom is 0.205 e. The van der Waals surface area contributed by atoms with Crippen molar-refractivity contribution in [2.24, 2.45) is 0 Å². The Labute approximate surface area is 123 Å². The largest absolute Gasteiger partial charge is 0.496 e. The van der Waals surface area contributed by atoms with Gasteiger partial charge in [0, 0.05) is 17.7 Å². The highest BCUT2D eigenvalue weighted by molar-refractivity contribution is 6.49. The molecule has 1 aromatic carbocycles. The van der Waals surface area contributed by atoms with Crippen molar-refractivity contribution in [3.8, 4) is 5.75 Å². The smallest absolute Gasteiger partial charge is 0.205 e. The van der Waals surface area contributed by atoms with Gasteiger partial charge >= 0.3 is 0 Å². The van der Waals surface area contributed by atoms with E-state index in [-0.39, 0.29) is 38.3 Å². The first-order chi connectivity index (χ1) is 9.93. The average Bonchev–Trinajstić information content (AvgIpc) is 2.42. The molecule has 0 saturated carbocycles. The molecular weight excluding hydrogens is 296 g/mol. The topological polar surface area (TPSA) is 73.6 Å². The van der Waals surface area contributed by atoms with Gasteiger partial charge in [0.2, 0.25) is 5.78 Å². The van der Waals surface area contributed by atoms with E-state index in [9.17, 15) is 14.4 Å². The molecule has 3 rings (SSSR count). The van der Waals surface area contributed by atoms with E-state index in [1.807, 2.05) is 0 Å². The van der Waals surface area contributed by atoms with E-state index in [0.717, 1.165) is 6.08 Å². The second-order valence-corrected chi connectivity index (χ2v) is 5.02. The summed E-state index contributed by atoms with van der Waals surface area (Å²) in [5.74, 6) is -0.472. The van der Waals surface area contributed by atoms with Crippen LogP contribution in [0.4, 0.5) is 0 Å². The Morgan fingerprint density at radius 1 is 1.19 bits per heavy atom. The molecule has 0 bridgehead atoms. The number of halogens is 1. The first-order valence-corrected chi connectivity index (χ1v) is 6.43. The molecule has 0 unspecified atom stereocenters. The number of carbonyl (C=O) groups is 2. The summed E-state index contributed by atoms with van der Waals surface area (Å²) in [7, 11) is 1.37. The van der Waals surface area contributed by atoms with E-state index in [4.69, 9.17) is 20.8 Å². The Hall–Kier alpha value is -2.40. The first kappa shape index (κ1) is 13.6. The molecule has 0 atom stereocenters. The van der Waals surface area contributed by atoms with E-state index >= 15 is 0 Å². The third kappa shape index (κ3) is 1.89. The molecule has 0 aliphatic heterocycles. The summed E-state index contributed by atoms with van der Waals surface area (Å²) < 4.78 is 10.7. The van der Waals surface area contributed by atoms with Crippen molar-refractivity contribution in [1.82, 2.24) is 0 Å². The monoisotopic (exact) mass is 304 g/mol. The zero-order chi connectivity index (χ0) is 15.3. The van der Waals surface area contributed by atoms with Crippen LogP contribution in [0.15, 0.2) is 32.5 Å². The molecule has 1 heterocycles. The van der Waals surface area contributed by atoms with Crippen LogP contribution in [0.25, 0.3) is 11.0 Å². The molecule has 2 aromatic rings. The van der Waals surface area contributed by atoms with Gasteiger partial charge in [-0.25, -0.2) is 0 Å². The molecule has 1 aliphatic rings. The minimum absolute atomic E-state index is 0.0426. The number of allylic oxidation sites excluding steroid dienone is 2. The van der Waals surface area contributed by atoms with Crippen molar-refractivity contribution >= 4 is 34.1 Å². The van der Waals surface area contributed by atoms with Crippen LogP contribution in [-0.2, 0) is 0 Å². The van der Waals surface area contributed by atoms with Gasteiger partial charge in [0.1, 0.15) is 16.9 Å². The molecule has 1 aliphatic carbocycles. The molecule has 0 fully saturated rings. The van der Waals surface area contributed by atoms with Gasteiger partial charge in [0.25, 0.3) is 0 Å². The zero-order valence-corrected chi connectivity index (χ0v) is 11.9. The molecule has 1 aromatic heterocycles. The number of Topliss-reactive ketones (excluding diaryl/α,β-unsaturated/α-hetero) is 1. The van der Waals surface area contributed by atoms with Crippen LogP contribution in [0.5, 0.6) is 5.75 Å². The van der Waals surface area contributed by atoms with Crippen molar-refractivity contribution in [3.63, 3.8) is 0 Å². The number of ether oxygens (including phenoxy) is 1. The van der Waals surface area contributed by atoms with Crippen LogP contribution in [0.3, 0.4) is 0 Å². The van der Waals surface area contributed by atoms with Crippen molar-refractivity contribution in [1.29, 1.82) is 0 Å². The van der Waals surface area contributed by atoms with Gasteiger partial charge in [-0.05, 0) is 13.0 Å². The van der Waals surface area contributed by atoms with Crippen LogP contribution in [0, 0.1) is 6.92 Å². The number of carbonyl (C=O) groups excluding carboxylic acids is 2. The number of methoxy groups -OCH3 is 1. The second-order valence-electron chi connectivity index (χ2n) is 4.61. The van der Waals surface area contributed by atoms with Crippen LogP contribution in [0.1, 0.15) is 26.5 Å². The standard InChI is InChI=1S/C15H9ClO5/c1-6-3-9(17)13-11(20-2)4-7-12(15(13)21-6)10(18)5-8(16)14(7)19/h3-5H,1-2H3. The molecule has 6 heteroatoms. The van der Waals surface area contributed by atoms with Gasteiger partial charge in [-0.2, -0.15) is 0 Å². The van der Waals surface area contributed by atoms with Gasteiger partial charge in [0.15, 0.2) is 16.8 Å². The van der Waals surface area contributed by atoms with Crippen LogP contribution >= 0.6 is 11.6 Å². The van der Waals surface area contributed by atoms with Gasteiger partial charge in [-0.15, -0.1) is 0 Å². The number of ketones is 2. The number of aryl methyl sites for hydroxylation is 1. The number of fused-ring (bicyclic) bond motifs is 3. The quantitative estimate of drug-likeness (QED) is 0.809. The Bertz CT molecular complexity index is 904. The molecule has 106 valence electrons. The summed E-state index contributed by atoms with van der Waals surface area (Å²) in [4.78, 5) is 36.4. The normalized spacial score (nSPS) is 14.1. The lowest BCUT2D eigenvalue weighted by atomic mass is 9.92. The van der Waals surface area contributed by atoms with Crippen LogP contribution in [0.2, 0.25) is 0 Å². The molecule has 0 saturated heterocycles. The molecule has 0 radical (unpaired) electrons. The van der Waals surface area contributed by atoms with Crippen LogP contribution < -0.4 is 10.2 Å². The second kappa shape index (κ2) is 4.56. The first-order valence-electron chi connectivity index (χ1n) is 6.05. The lowest BCUT2D eigenvalue weighted by Crippen LogP contribution is -2.17. The van der Waals surface area contributed by atoms with Crippen molar-refractivity contribution < 1.29 is 18.7 Å². The van der Waals surface area contributed by atoms with E-state index in [1.54, 1.807) is 6.92 Å². The summed E-state index contributed by atoms with van der Waals surface area (Å²) in [5.41, 5.74) is -0.172. The fourth-order valence-corrected chi connectivity index (χ4v) is 2.58. The zero-order valence-electron chi connectivity index (χ0n) is 11.2. The minimum atomic E-state index is -0.504. The maximum atomic E-state index is 12.2. The Balaban J connectivity index is 2.56. The molecular formula is C15H9ClO5. The van der Waals surface area contributed by atoms with Crippen molar-refractivity contribution in [2.75, 3.05) is 7.11 Å². The average molecular weight is 305 g/mol. The summed E-state index contributed by atoms with van der Waals surface area (Å²) in [6.45, 7) is 1.59. The summed E-state index contributed by atoms with van der Waals surface area (Å²) in [6, 6.07) is 2.65. The molecule has 0 spiro atoms. The van der Waals surface area contributed by atoms with Gasteiger partial charge in [-0.3, -0.25) is 14.4 Å². The highest BCUT2D eigenvalue weighted by atomic mass is 35.5. The fraction of sp³-hybridized carbons (Fsp3) is 0.133. The molecule has 0 N–H and O–H groups in total. The summed E-state index contributed by atoms with van der Waals surface area (Å²) in [6.07, 6.45) is 1.03. The Morgan fingerprint density at radius 2 is 1.90 bits per heavy atom.